The summed E-state index contributed by atoms with van der Waals surface area (Å²) in [5.41, 5.74) is 6.31. The van der Waals surface area contributed by atoms with Crippen LogP contribution in [0, 0.1) is 0 Å². The predicted molar refractivity (Wildman–Crippen MR) is 83.0 cm³/mol. The average molecular weight is 278 g/mol. The van der Waals surface area contributed by atoms with Gasteiger partial charge in [-0.3, -0.25) is 4.79 Å². The zero-order chi connectivity index (χ0) is 15.2. The Hall–Kier alpha value is -1.55. The summed E-state index contributed by atoms with van der Waals surface area (Å²) in [6.07, 6.45) is 2.18. The topological polar surface area (TPSA) is 64.3 Å². The molecule has 0 aliphatic heterocycles. The van der Waals surface area contributed by atoms with Crippen LogP contribution < -0.4 is 15.8 Å². The summed E-state index contributed by atoms with van der Waals surface area (Å²) in [4.78, 5) is 11.8. The molecule has 1 unspecified atom stereocenters. The van der Waals surface area contributed by atoms with Gasteiger partial charge in [-0.05, 0) is 45.7 Å². The van der Waals surface area contributed by atoms with Crippen LogP contribution >= 0.6 is 0 Å². The quantitative estimate of drug-likeness (QED) is 0.804. The molecule has 0 spiro atoms. The summed E-state index contributed by atoms with van der Waals surface area (Å²) in [5, 5.41) is 2.87. The summed E-state index contributed by atoms with van der Waals surface area (Å²) in [6, 6.07) is 7.47. The lowest BCUT2D eigenvalue weighted by Gasteiger charge is -2.18. The molecule has 0 saturated heterocycles. The van der Waals surface area contributed by atoms with Gasteiger partial charge in [-0.2, -0.15) is 0 Å². The molecule has 0 saturated carbocycles. The molecule has 0 heterocycles. The Kier molecular flexibility index (Phi) is 6.02. The number of ether oxygens (including phenoxy) is 1. The van der Waals surface area contributed by atoms with Gasteiger partial charge >= 0.3 is 0 Å². The third-order valence-corrected chi connectivity index (χ3v) is 3.03. The van der Waals surface area contributed by atoms with Crippen molar-refractivity contribution in [1.82, 2.24) is 0 Å². The number of rotatable bonds is 7. The SMILES string of the molecule is CCC(C)Oc1cccc(NC(=O)CCC(C)(C)N)c1. The van der Waals surface area contributed by atoms with Crippen molar-refractivity contribution in [2.75, 3.05) is 5.32 Å². The van der Waals surface area contributed by atoms with Crippen LogP contribution in [0.25, 0.3) is 0 Å². The maximum Gasteiger partial charge on any atom is 0.224 e. The highest BCUT2D eigenvalue weighted by atomic mass is 16.5. The molecule has 1 rings (SSSR count). The van der Waals surface area contributed by atoms with Crippen molar-refractivity contribution in [3.63, 3.8) is 0 Å². The van der Waals surface area contributed by atoms with Gasteiger partial charge in [0, 0.05) is 23.7 Å². The third-order valence-electron chi connectivity index (χ3n) is 3.03. The van der Waals surface area contributed by atoms with Gasteiger partial charge in [0.05, 0.1) is 6.10 Å². The molecule has 4 nitrogen and oxygen atoms in total. The van der Waals surface area contributed by atoms with Crippen LogP contribution in [0.4, 0.5) is 5.69 Å². The van der Waals surface area contributed by atoms with Crippen molar-refractivity contribution >= 4 is 11.6 Å². The Morgan fingerprint density at radius 1 is 1.45 bits per heavy atom. The molecular weight excluding hydrogens is 252 g/mol. The molecule has 4 heteroatoms. The van der Waals surface area contributed by atoms with Crippen molar-refractivity contribution in [3.05, 3.63) is 24.3 Å². The second kappa shape index (κ2) is 7.29. The van der Waals surface area contributed by atoms with E-state index in [1.807, 2.05) is 45.0 Å². The molecule has 0 aromatic heterocycles. The van der Waals surface area contributed by atoms with Crippen LogP contribution in [0.2, 0.25) is 0 Å². The number of carbonyl (C=O) groups excluding carboxylic acids is 1. The van der Waals surface area contributed by atoms with E-state index in [1.54, 1.807) is 0 Å². The summed E-state index contributed by atoms with van der Waals surface area (Å²) in [7, 11) is 0. The van der Waals surface area contributed by atoms with E-state index >= 15 is 0 Å². The van der Waals surface area contributed by atoms with E-state index in [1.165, 1.54) is 0 Å². The van der Waals surface area contributed by atoms with Crippen molar-refractivity contribution in [1.29, 1.82) is 0 Å². The number of carbonyl (C=O) groups is 1. The van der Waals surface area contributed by atoms with Gasteiger partial charge in [-0.25, -0.2) is 0 Å². The van der Waals surface area contributed by atoms with Gasteiger partial charge < -0.3 is 15.8 Å². The normalized spacial score (nSPS) is 12.8. The monoisotopic (exact) mass is 278 g/mol. The van der Waals surface area contributed by atoms with E-state index in [0.717, 1.165) is 17.9 Å². The second-order valence-corrected chi connectivity index (χ2v) is 5.90. The molecule has 3 N–H and O–H groups in total. The molecule has 0 fully saturated rings. The van der Waals surface area contributed by atoms with Gasteiger partial charge in [-0.1, -0.05) is 13.0 Å². The summed E-state index contributed by atoms with van der Waals surface area (Å²) >= 11 is 0. The predicted octanol–water partition coefficient (Wildman–Crippen LogP) is 3.32. The lowest BCUT2D eigenvalue weighted by molar-refractivity contribution is -0.116. The molecular formula is C16H26N2O2. The average Bonchev–Trinajstić information content (AvgIpc) is 2.36. The molecule has 0 radical (unpaired) electrons. The number of amides is 1. The highest BCUT2D eigenvalue weighted by molar-refractivity contribution is 5.90. The number of benzene rings is 1. The smallest absolute Gasteiger partial charge is 0.224 e. The molecule has 0 bridgehead atoms. The fourth-order valence-corrected chi connectivity index (χ4v) is 1.62. The molecule has 1 atom stereocenters. The van der Waals surface area contributed by atoms with Crippen LogP contribution in [0.15, 0.2) is 24.3 Å². The van der Waals surface area contributed by atoms with Crippen LogP contribution in [-0.4, -0.2) is 17.6 Å². The first-order valence-electron chi connectivity index (χ1n) is 7.15. The standard InChI is InChI=1S/C16H26N2O2/c1-5-12(2)20-14-8-6-7-13(11-14)18-15(19)9-10-16(3,4)17/h6-8,11-12H,5,9-10,17H2,1-4H3,(H,18,19). The molecule has 112 valence electrons. The highest BCUT2D eigenvalue weighted by Crippen LogP contribution is 2.19. The molecule has 1 aromatic carbocycles. The molecule has 1 amide bonds. The Balaban J connectivity index is 2.55. The van der Waals surface area contributed by atoms with E-state index < -0.39 is 0 Å². The first-order valence-corrected chi connectivity index (χ1v) is 7.15. The van der Waals surface area contributed by atoms with E-state index in [9.17, 15) is 4.79 Å². The number of anilines is 1. The van der Waals surface area contributed by atoms with Crippen LogP contribution in [0.5, 0.6) is 5.75 Å². The number of hydrogen-bond acceptors (Lipinski definition) is 3. The Morgan fingerprint density at radius 3 is 2.75 bits per heavy atom. The van der Waals surface area contributed by atoms with Gasteiger partial charge in [-0.15, -0.1) is 0 Å². The van der Waals surface area contributed by atoms with Crippen molar-refractivity contribution < 1.29 is 9.53 Å². The van der Waals surface area contributed by atoms with Crippen LogP contribution in [0.1, 0.15) is 47.0 Å². The maximum atomic E-state index is 11.8. The summed E-state index contributed by atoms with van der Waals surface area (Å²) in [5.74, 6) is 0.750. The van der Waals surface area contributed by atoms with Gasteiger partial charge in [0.2, 0.25) is 5.91 Å². The van der Waals surface area contributed by atoms with E-state index in [-0.39, 0.29) is 17.6 Å². The van der Waals surface area contributed by atoms with Crippen molar-refractivity contribution in [2.24, 2.45) is 5.73 Å². The zero-order valence-electron chi connectivity index (χ0n) is 12.9. The minimum Gasteiger partial charge on any atom is -0.491 e. The van der Waals surface area contributed by atoms with E-state index in [4.69, 9.17) is 10.5 Å². The Morgan fingerprint density at radius 2 is 2.15 bits per heavy atom. The molecule has 0 aliphatic carbocycles. The lowest BCUT2D eigenvalue weighted by atomic mass is 10.00. The Bertz CT molecular complexity index is 438. The number of hydrogen-bond donors (Lipinski definition) is 2. The van der Waals surface area contributed by atoms with Crippen LogP contribution in [-0.2, 0) is 4.79 Å². The summed E-state index contributed by atoms with van der Waals surface area (Å²) < 4.78 is 5.73. The lowest BCUT2D eigenvalue weighted by Crippen LogP contribution is -2.33. The molecule has 0 aliphatic rings. The largest absolute Gasteiger partial charge is 0.491 e. The van der Waals surface area contributed by atoms with E-state index in [0.29, 0.717) is 12.8 Å². The van der Waals surface area contributed by atoms with Gasteiger partial charge in [0.1, 0.15) is 5.75 Å². The van der Waals surface area contributed by atoms with Crippen molar-refractivity contribution in [3.8, 4) is 5.75 Å². The molecule has 20 heavy (non-hydrogen) atoms. The summed E-state index contributed by atoms with van der Waals surface area (Å²) in [6.45, 7) is 7.93. The fraction of sp³-hybridized carbons (Fsp3) is 0.562. The minimum atomic E-state index is -0.321. The zero-order valence-corrected chi connectivity index (χ0v) is 12.9. The van der Waals surface area contributed by atoms with Gasteiger partial charge in [0.25, 0.3) is 0 Å². The van der Waals surface area contributed by atoms with E-state index in [2.05, 4.69) is 12.2 Å². The number of nitrogens with one attached hydrogen (secondary N) is 1. The van der Waals surface area contributed by atoms with Gasteiger partial charge in [0.15, 0.2) is 0 Å². The Labute approximate surface area is 121 Å². The minimum absolute atomic E-state index is 0.0239. The first kappa shape index (κ1) is 16.5. The number of nitrogens with two attached hydrogens (primary N) is 1. The first-order chi connectivity index (χ1) is 9.30. The second-order valence-electron chi connectivity index (χ2n) is 5.90. The fourth-order valence-electron chi connectivity index (χ4n) is 1.62. The third kappa shape index (κ3) is 6.57. The van der Waals surface area contributed by atoms with Crippen molar-refractivity contribution in [2.45, 2.75) is 58.6 Å². The maximum absolute atomic E-state index is 11.8. The van der Waals surface area contributed by atoms with Crippen LogP contribution in [0.3, 0.4) is 0 Å². The highest BCUT2D eigenvalue weighted by Gasteiger charge is 2.13. The molecule has 1 aromatic rings.